The molecule has 292 valence electrons. The van der Waals surface area contributed by atoms with Crippen LogP contribution in [0.5, 0.6) is 0 Å². The molecule has 3 saturated heterocycles. The molecule has 0 amide bonds. The molecule has 3 aliphatic heterocycles. The zero-order valence-corrected chi connectivity index (χ0v) is 30.8. The number of fused-ring (bicyclic) bond motifs is 1. The summed E-state index contributed by atoms with van der Waals surface area (Å²) in [6.07, 6.45) is -12.2. The van der Waals surface area contributed by atoms with Crippen molar-refractivity contribution in [1.29, 1.82) is 0 Å². The van der Waals surface area contributed by atoms with Gasteiger partial charge in [-0.2, -0.15) is 0 Å². The molecule has 0 unspecified atom stereocenters. The summed E-state index contributed by atoms with van der Waals surface area (Å²) in [6.45, 7) is 3.68. The standard InChI is InChI=1S/C43H48O12/c1-27(2)51-40(46)34(44)38(47-23-28-15-7-3-8-16-28)36-32(25-49-41(54-36)30-19-11-5-12-20-30)52-43-35(45)39(48-24-29-17-9-4-10-18-29)37-33(53-43)26-50-42(55-37)31-21-13-6-14-22-31/h3-22,27,32-39,41-45H,23-26H2,1-2H3/t32-,33-,34+,35+,36-,37-,38-,39-,41-,42-,43-/m1/s1. The third-order valence-corrected chi connectivity index (χ3v) is 9.62. The average molecular weight is 757 g/mol. The zero-order valence-electron chi connectivity index (χ0n) is 30.8. The molecule has 0 radical (unpaired) electrons. The van der Waals surface area contributed by atoms with Gasteiger partial charge in [-0.25, -0.2) is 4.79 Å². The SMILES string of the molecule is CC(C)OC(=O)[C@@H](O)[C@@H](OCc1ccccc1)[C@@H]1O[C@H](c2ccccc2)OC[C@H]1O[C@@H]1O[C@@H]2CO[C@@H](c3ccccc3)O[C@H]2[C@H](OCc2ccccc2)[C@@H]1O. The number of carbonyl (C=O) groups excluding carboxylic acids is 1. The maximum atomic E-state index is 13.3. The minimum atomic E-state index is -1.77. The lowest BCUT2D eigenvalue weighted by atomic mass is 9.96. The van der Waals surface area contributed by atoms with Gasteiger partial charge in [0.1, 0.15) is 42.7 Å². The van der Waals surface area contributed by atoms with Crippen LogP contribution in [-0.4, -0.2) is 90.6 Å². The maximum absolute atomic E-state index is 13.3. The van der Waals surface area contributed by atoms with Gasteiger partial charge in [-0.1, -0.05) is 121 Å². The van der Waals surface area contributed by atoms with Crippen LogP contribution >= 0.6 is 0 Å². The molecule has 11 atom stereocenters. The normalized spacial score (nSPS) is 29.2. The highest BCUT2D eigenvalue weighted by atomic mass is 16.8. The molecule has 3 heterocycles. The lowest BCUT2D eigenvalue weighted by molar-refractivity contribution is -0.387. The van der Waals surface area contributed by atoms with E-state index in [4.69, 9.17) is 42.6 Å². The fraction of sp³-hybridized carbons (Fsp3) is 0.419. The van der Waals surface area contributed by atoms with Crippen molar-refractivity contribution in [2.24, 2.45) is 0 Å². The van der Waals surface area contributed by atoms with E-state index in [2.05, 4.69) is 0 Å². The lowest BCUT2D eigenvalue weighted by Gasteiger charge is -2.49. The molecule has 2 N–H and O–H groups in total. The van der Waals surface area contributed by atoms with Crippen LogP contribution < -0.4 is 0 Å². The molecule has 55 heavy (non-hydrogen) atoms. The molecule has 12 nitrogen and oxygen atoms in total. The van der Waals surface area contributed by atoms with E-state index in [0.29, 0.717) is 5.56 Å². The summed E-state index contributed by atoms with van der Waals surface area (Å²) >= 11 is 0. The molecule has 4 aromatic rings. The van der Waals surface area contributed by atoms with Gasteiger partial charge >= 0.3 is 5.97 Å². The molecule has 0 spiro atoms. The molecular weight excluding hydrogens is 708 g/mol. The van der Waals surface area contributed by atoms with E-state index < -0.39 is 79.8 Å². The molecule has 0 saturated carbocycles. The van der Waals surface area contributed by atoms with Crippen LogP contribution in [0.2, 0.25) is 0 Å². The van der Waals surface area contributed by atoms with Gasteiger partial charge in [0.05, 0.1) is 32.5 Å². The van der Waals surface area contributed by atoms with Gasteiger partial charge in [0, 0.05) is 11.1 Å². The van der Waals surface area contributed by atoms with Crippen LogP contribution in [0, 0.1) is 0 Å². The summed E-state index contributed by atoms with van der Waals surface area (Å²) in [5, 5.41) is 23.6. The smallest absolute Gasteiger partial charge is 0.338 e. The van der Waals surface area contributed by atoms with Gasteiger partial charge in [-0.3, -0.25) is 0 Å². The Morgan fingerprint density at radius 1 is 0.727 bits per heavy atom. The lowest BCUT2D eigenvalue weighted by Crippen LogP contribution is -2.64. The van der Waals surface area contributed by atoms with Gasteiger partial charge < -0.3 is 52.8 Å². The Labute approximate surface area is 320 Å². The fourth-order valence-electron chi connectivity index (χ4n) is 6.89. The molecule has 7 rings (SSSR count). The summed E-state index contributed by atoms with van der Waals surface area (Å²) < 4.78 is 56.4. The maximum Gasteiger partial charge on any atom is 0.338 e. The Hall–Kier alpha value is -4.05. The van der Waals surface area contributed by atoms with Crippen LogP contribution in [0.15, 0.2) is 121 Å². The minimum absolute atomic E-state index is 0.0416. The zero-order chi connectivity index (χ0) is 38.1. The molecule has 12 heteroatoms. The third-order valence-electron chi connectivity index (χ3n) is 9.62. The molecule has 3 aliphatic rings. The monoisotopic (exact) mass is 756 g/mol. The van der Waals surface area contributed by atoms with Crippen LogP contribution in [0.1, 0.15) is 48.7 Å². The quantitative estimate of drug-likeness (QED) is 0.164. The highest BCUT2D eigenvalue weighted by Gasteiger charge is 2.53. The van der Waals surface area contributed by atoms with Gasteiger partial charge in [0.15, 0.2) is 25.0 Å². The van der Waals surface area contributed by atoms with Crippen molar-refractivity contribution >= 4 is 5.97 Å². The van der Waals surface area contributed by atoms with Crippen molar-refractivity contribution < 1.29 is 57.6 Å². The molecule has 0 aromatic heterocycles. The van der Waals surface area contributed by atoms with Gasteiger partial charge in [-0.15, -0.1) is 0 Å². The van der Waals surface area contributed by atoms with Crippen LogP contribution in [0.25, 0.3) is 0 Å². The van der Waals surface area contributed by atoms with Gasteiger partial charge in [0.2, 0.25) is 0 Å². The molecular formula is C43H48O12. The van der Waals surface area contributed by atoms with Gasteiger partial charge in [0.25, 0.3) is 0 Å². The number of aliphatic hydroxyl groups is 2. The van der Waals surface area contributed by atoms with E-state index >= 15 is 0 Å². The van der Waals surface area contributed by atoms with Crippen LogP contribution in [0.3, 0.4) is 0 Å². The fourth-order valence-corrected chi connectivity index (χ4v) is 6.89. The molecule has 0 aliphatic carbocycles. The van der Waals surface area contributed by atoms with E-state index in [1.54, 1.807) is 13.8 Å². The summed E-state index contributed by atoms with van der Waals surface area (Å²) in [7, 11) is 0. The van der Waals surface area contributed by atoms with Crippen molar-refractivity contribution in [3.05, 3.63) is 144 Å². The number of carbonyl (C=O) groups is 1. The number of hydrogen-bond acceptors (Lipinski definition) is 12. The van der Waals surface area contributed by atoms with Gasteiger partial charge in [-0.05, 0) is 25.0 Å². The van der Waals surface area contributed by atoms with Crippen molar-refractivity contribution in [2.75, 3.05) is 13.2 Å². The topological polar surface area (TPSA) is 141 Å². The first-order chi connectivity index (χ1) is 26.8. The van der Waals surface area contributed by atoms with Crippen molar-refractivity contribution in [3.8, 4) is 0 Å². The molecule has 3 fully saturated rings. The van der Waals surface area contributed by atoms with E-state index in [0.717, 1.165) is 16.7 Å². The first-order valence-corrected chi connectivity index (χ1v) is 18.7. The van der Waals surface area contributed by atoms with Crippen molar-refractivity contribution in [2.45, 2.75) is 101 Å². The van der Waals surface area contributed by atoms with E-state index in [1.165, 1.54) is 0 Å². The third kappa shape index (κ3) is 9.86. The van der Waals surface area contributed by atoms with E-state index in [9.17, 15) is 15.0 Å². The Morgan fingerprint density at radius 2 is 1.27 bits per heavy atom. The second-order valence-electron chi connectivity index (χ2n) is 14.0. The summed E-state index contributed by atoms with van der Waals surface area (Å²) in [5.74, 6) is -0.881. The van der Waals surface area contributed by atoms with E-state index in [1.807, 2.05) is 121 Å². The summed E-state index contributed by atoms with van der Waals surface area (Å²) in [5.41, 5.74) is 3.24. The Morgan fingerprint density at radius 3 is 1.87 bits per heavy atom. The Bertz CT molecular complexity index is 1750. The second kappa shape index (κ2) is 18.7. The first-order valence-electron chi connectivity index (χ1n) is 18.7. The van der Waals surface area contributed by atoms with Crippen LogP contribution in [0.4, 0.5) is 0 Å². The Kier molecular flexibility index (Phi) is 13.3. The number of aliphatic hydroxyl groups excluding tert-OH is 2. The minimum Gasteiger partial charge on any atom is -0.461 e. The molecule has 4 aromatic carbocycles. The highest BCUT2D eigenvalue weighted by molar-refractivity contribution is 5.75. The number of benzene rings is 4. The van der Waals surface area contributed by atoms with E-state index in [-0.39, 0.29) is 26.4 Å². The van der Waals surface area contributed by atoms with Crippen molar-refractivity contribution in [1.82, 2.24) is 0 Å². The number of esters is 1. The largest absolute Gasteiger partial charge is 0.461 e. The number of hydrogen-bond donors (Lipinski definition) is 2. The first kappa shape index (κ1) is 39.2. The summed E-state index contributed by atoms with van der Waals surface area (Å²) in [4.78, 5) is 13.3. The van der Waals surface area contributed by atoms with Crippen LogP contribution in [-0.2, 0) is 60.6 Å². The predicted octanol–water partition coefficient (Wildman–Crippen LogP) is 5.17. The second-order valence-corrected chi connectivity index (χ2v) is 14.0. The molecule has 0 bridgehead atoms. The average Bonchev–Trinajstić information content (AvgIpc) is 3.22. The number of rotatable bonds is 14. The predicted molar refractivity (Wildman–Crippen MR) is 197 cm³/mol. The van der Waals surface area contributed by atoms with Crippen molar-refractivity contribution in [3.63, 3.8) is 0 Å². The highest BCUT2D eigenvalue weighted by Crippen LogP contribution is 2.38. The number of ether oxygens (including phenoxy) is 9. The summed E-state index contributed by atoms with van der Waals surface area (Å²) in [6, 6.07) is 37.8. The Balaban J connectivity index is 1.16.